The van der Waals surface area contributed by atoms with Crippen LogP contribution in [0.5, 0.6) is 0 Å². The maximum atomic E-state index is 3.99. The normalized spacial score (nSPS) is 10.4. The fourth-order valence-corrected chi connectivity index (χ4v) is 1.32. The second-order valence-electron chi connectivity index (χ2n) is 3.36. The maximum Gasteiger partial charge on any atom is -0.00290 e. The number of hydrogen-bond donors (Lipinski definition) is 0. The summed E-state index contributed by atoms with van der Waals surface area (Å²) in [7, 11) is 0. The van der Waals surface area contributed by atoms with Gasteiger partial charge in [0.25, 0.3) is 0 Å². The van der Waals surface area contributed by atoms with Gasteiger partial charge < -0.3 is 0 Å². The molecule has 1 aromatic carbocycles. The van der Waals surface area contributed by atoms with Gasteiger partial charge in [-0.1, -0.05) is 61.2 Å². The highest BCUT2D eigenvalue weighted by Gasteiger charge is 1.96. The summed E-state index contributed by atoms with van der Waals surface area (Å²) in [5.74, 6) is 0. The van der Waals surface area contributed by atoms with E-state index in [4.69, 9.17) is 0 Å². The molecule has 0 saturated carbocycles. The van der Waals surface area contributed by atoms with E-state index in [2.05, 4.69) is 44.3 Å². The Morgan fingerprint density at radius 3 is 2.71 bits per heavy atom. The van der Waals surface area contributed by atoms with Crippen LogP contribution in [0.25, 0.3) is 0 Å². The van der Waals surface area contributed by atoms with E-state index in [0.29, 0.717) is 0 Å². The SMILES string of the molecule is C=C/C=C\C(=C)Cc1ccccc1C. The lowest BCUT2D eigenvalue weighted by atomic mass is 10.0. The standard InChI is InChI=1S/C14H16/c1-4-5-8-12(2)11-14-10-7-6-9-13(14)3/h4-10H,1-2,11H2,3H3/b8-5-. The van der Waals surface area contributed by atoms with Gasteiger partial charge in [0.2, 0.25) is 0 Å². The van der Waals surface area contributed by atoms with Crippen molar-refractivity contribution in [1.29, 1.82) is 0 Å². The maximum absolute atomic E-state index is 3.99. The zero-order valence-corrected chi connectivity index (χ0v) is 8.66. The van der Waals surface area contributed by atoms with Crippen molar-refractivity contribution in [3.05, 3.63) is 72.4 Å². The fraction of sp³-hybridized carbons (Fsp3) is 0.143. The van der Waals surface area contributed by atoms with Crippen molar-refractivity contribution in [3.63, 3.8) is 0 Å². The molecule has 72 valence electrons. The topological polar surface area (TPSA) is 0 Å². The molecule has 0 radical (unpaired) electrons. The Labute approximate surface area is 86.3 Å². The Bertz CT molecular complexity index is 356. The molecule has 0 aliphatic carbocycles. The Kier molecular flexibility index (Phi) is 3.93. The van der Waals surface area contributed by atoms with Gasteiger partial charge >= 0.3 is 0 Å². The summed E-state index contributed by atoms with van der Waals surface area (Å²) < 4.78 is 0. The van der Waals surface area contributed by atoms with E-state index in [1.54, 1.807) is 6.08 Å². The molecule has 0 atom stereocenters. The lowest BCUT2D eigenvalue weighted by Crippen LogP contribution is -1.89. The van der Waals surface area contributed by atoms with Crippen LogP contribution in [0.1, 0.15) is 11.1 Å². The van der Waals surface area contributed by atoms with Crippen LogP contribution in [-0.4, -0.2) is 0 Å². The van der Waals surface area contributed by atoms with Gasteiger partial charge in [-0.3, -0.25) is 0 Å². The first kappa shape index (κ1) is 10.5. The summed E-state index contributed by atoms with van der Waals surface area (Å²) in [6.45, 7) is 9.75. The Morgan fingerprint density at radius 2 is 2.07 bits per heavy atom. The van der Waals surface area contributed by atoms with E-state index in [0.717, 1.165) is 12.0 Å². The average molecular weight is 184 g/mol. The zero-order chi connectivity index (χ0) is 10.4. The second kappa shape index (κ2) is 5.23. The third-order valence-electron chi connectivity index (χ3n) is 2.15. The predicted molar refractivity (Wildman–Crippen MR) is 63.4 cm³/mol. The van der Waals surface area contributed by atoms with Gasteiger partial charge in [0.1, 0.15) is 0 Å². The van der Waals surface area contributed by atoms with Gasteiger partial charge in [0.15, 0.2) is 0 Å². The number of aryl methyl sites for hydroxylation is 1. The van der Waals surface area contributed by atoms with Crippen LogP contribution in [0.3, 0.4) is 0 Å². The van der Waals surface area contributed by atoms with Crippen molar-refractivity contribution < 1.29 is 0 Å². The fourth-order valence-electron chi connectivity index (χ4n) is 1.32. The first-order valence-corrected chi connectivity index (χ1v) is 4.75. The van der Waals surface area contributed by atoms with E-state index < -0.39 is 0 Å². The summed E-state index contributed by atoms with van der Waals surface area (Å²) in [5.41, 5.74) is 3.77. The highest BCUT2D eigenvalue weighted by Crippen LogP contribution is 2.12. The Hall–Kier alpha value is -1.56. The van der Waals surface area contributed by atoms with Gasteiger partial charge in [-0.05, 0) is 24.5 Å². The van der Waals surface area contributed by atoms with Crippen molar-refractivity contribution >= 4 is 0 Å². The van der Waals surface area contributed by atoms with Crippen LogP contribution >= 0.6 is 0 Å². The molecular formula is C14H16. The minimum atomic E-state index is 0.914. The molecule has 0 unspecified atom stereocenters. The molecule has 14 heavy (non-hydrogen) atoms. The van der Waals surface area contributed by atoms with Gasteiger partial charge in [-0.25, -0.2) is 0 Å². The van der Waals surface area contributed by atoms with E-state index in [9.17, 15) is 0 Å². The van der Waals surface area contributed by atoms with Crippen LogP contribution in [0.4, 0.5) is 0 Å². The molecule has 0 saturated heterocycles. The van der Waals surface area contributed by atoms with Crippen LogP contribution in [0.2, 0.25) is 0 Å². The van der Waals surface area contributed by atoms with Crippen LogP contribution in [0.15, 0.2) is 61.2 Å². The molecule has 0 nitrogen and oxygen atoms in total. The molecule has 0 heteroatoms. The molecule has 1 rings (SSSR count). The molecule has 1 aromatic rings. The quantitative estimate of drug-likeness (QED) is 0.624. The van der Waals surface area contributed by atoms with Crippen LogP contribution < -0.4 is 0 Å². The highest BCUT2D eigenvalue weighted by molar-refractivity contribution is 5.32. The predicted octanol–water partition coefficient (Wildman–Crippen LogP) is 3.84. The van der Waals surface area contributed by atoms with E-state index in [1.165, 1.54) is 11.1 Å². The van der Waals surface area contributed by atoms with Crippen LogP contribution in [-0.2, 0) is 6.42 Å². The summed E-state index contributed by atoms with van der Waals surface area (Å²) in [5, 5.41) is 0. The Morgan fingerprint density at radius 1 is 1.36 bits per heavy atom. The minimum absolute atomic E-state index is 0.914. The molecule has 0 bridgehead atoms. The lowest BCUT2D eigenvalue weighted by Gasteiger charge is -2.04. The van der Waals surface area contributed by atoms with Crippen LogP contribution in [0, 0.1) is 6.92 Å². The van der Waals surface area contributed by atoms with Gasteiger partial charge in [-0.2, -0.15) is 0 Å². The molecule has 0 heterocycles. The third kappa shape index (κ3) is 3.06. The second-order valence-corrected chi connectivity index (χ2v) is 3.36. The van der Waals surface area contributed by atoms with Gasteiger partial charge in [0, 0.05) is 0 Å². The van der Waals surface area contributed by atoms with E-state index in [-0.39, 0.29) is 0 Å². The largest absolute Gasteiger partial charge is 0.0991 e. The van der Waals surface area contributed by atoms with E-state index >= 15 is 0 Å². The first-order chi connectivity index (χ1) is 6.74. The number of allylic oxidation sites excluding steroid dienone is 4. The molecule has 0 amide bonds. The first-order valence-electron chi connectivity index (χ1n) is 4.75. The zero-order valence-electron chi connectivity index (χ0n) is 8.66. The number of benzene rings is 1. The summed E-state index contributed by atoms with van der Waals surface area (Å²) in [6.07, 6.45) is 6.60. The molecular weight excluding hydrogens is 168 g/mol. The monoisotopic (exact) mass is 184 g/mol. The molecule has 0 aromatic heterocycles. The van der Waals surface area contributed by atoms with Gasteiger partial charge in [0.05, 0.1) is 0 Å². The molecule has 0 spiro atoms. The van der Waals surface area contributed by atoms with Crippen molar-refractivity contribution in [2.45, 2.75) is 13.3 Å². The molecule has 0 N–H and O–H groups in total. The number of hydrogen-bond acceptors (Lipinski definition) is 0. The lowest BCUT2D eigenvalue weighted by molar-refractivity contribution is 1.17. The van der Waals surface area contributed by atoms with Gasteiger partial charge in [-0.15, -0.1) is 0 Å². The van der Waals surface area contributed by atoms with Crippen molar-refractivity contribution in [2.24, 2.45) is 0 Å². The molecule has 0 aliphatic rings. The summed E-state index contributed by atoms with van der Waals surface area (Å²) in [6, 6.07) is 8.39. The minimum Gasteiger partial charge on any atom is -0.0991 e. The summed E-state index contributed by atoms with van der Waals surface area (Å²) in [4.78, 5) is 0. The number of rotatable bonds is 4. The van der Waals surface area contributed by atoms with E-state index in [1.807, 2.05) is 12.2 Å². The van der Waals surface area contributed by atoms with Crippen molar-refractivity contribution in [1.82, 2.24) is 0 Å². The molecule has 0 aliphatic heterocycles. The summed E-state index contributed by atoms with van der Waals surface area (Å²) >= 11 is 0. The highest BCUT2D eigenvalue weighted by atomic mass is 14.0. The average Bonchev–Trinajstić information content (AvgIpc) is 2.18. The Balaban J connectivity index is 2.69. The third-order valence-corrected chi connectivity index (χ3v) is 2.15. The van der Waals surface area contributed by atoms with Crippen molar-refractivity contribution in [3.8, 4) is 0 Å². The molecule has 0 fully saturated rings. The van der Waals surface area contributed by atoms with Crippen molar-refractivity contribution in [2.75, 3.05) is 0 Å². The smallest absolute Gasteiger partial charge is 0.00290 e.